The molecule has 0 saturated heterocycles. The highest BCUT2D eigenvalue weighted by molar-refractivity contribution is 7.22. The van der Waals surface area contributed by atoms with E-state index in [1.54, 1.807) is 22.2 Å². The summed E-state index contributed by atoms with van der Waals surface area (Å²) >= 11 is 3.06. The van der Waals surface area contributed by atoms with Gasteiger partial charge < -0.3 is 9.64 Å². The van der Waals surface area contributed by atoms with Crippen LogP contribution < -0.4 is 15.0 Å². The van der Waals surface area contributed by atoms with Crippen LogP contribution in [0, 0.1) is 0 Å². The Balaban J connectivity index is 1.01. The molecule has 3 aromatic heterocycles. The van der Waals surface area contributed by atoms with E-state index >= 15 is 0 Å². The fourth-order valence-electron chi connectivity index (χ4n) is 5.46. The van der Waals surface area contributed by atoms with Crippen molar-refractivity contribution in [3.05, 3.63) is 112 Å². The second-order valence-electron chi connectivity index (χ2n) is 10.6. The van der Waals surface area contributed by atoms with Crippen LogP contribution in [0.25, 0.3) is 15.9 Å². The summed E-state index contributed by atoms with van der Waals surface area (Å²) in [5.74, 6) is 0.628. The van der Waals surface area contributed by atoms with Gasteiger partial charge in [0, 0.05) is 35.9 Å². The van der Waals surface area contributed by atoms with E-state index < -0.39 is 0 Å². The van der Waals surface area contributed by atoms with Gasteiger partial charge >= 0.3 is 0 Å². The lowest BCUT2D eigenvalue weighted by atomic mass is 9.94. The summed E-state index contributed by atoms with van der Waals surface area (Å²) in [6, 6.07) is 23.5. The number of hydrogen-bond acceptors (Lipinski definition) is 10. The molecule has 10 nitrogen and oxygen atoms in total. The number of amides is 1. The predicted molar refractivity (Wildman–Crippen MR) is 176 cm³/mol. The summed E-state index contributed by atoms with van der Waals surface area (Å²) in [4.78, 5) is 30.6. The molecule has 12 heteroatoms. The van der Waals surface area contributed by atoms with Gasteiger partial charge in [-0.05, 0) is 78.9 Å². The third kappa shape index (κ3) is 6.45. The molecule has 0 radical (unpaired) electrons. The van der Waals surface area contributed by atoms with Gasteiger partial charge in [0.1, 0.15) is 12.4 Å². The van der Waals surface area contributed by atoms with Crippen LogP contribution in [0.4, 0.5) is 10.3 Å². The van der Waals surface area contributed by atoms with Crippen LogP contribution in [-0.2, 0) is 30.9 Å². The van der Waals surface area contributed by atoms with Crippen LogP contribution in [0.5, 0.6) is 5.75 Å². The molecule has 0 saturated carbocycles. The number of nitrogens with zero attached hydrogens (tertiary/aromatic N) is 5. The molecule has 1 aliphatic heterocycles. The molecule has 0 bridgehead atoms. The third-order valence-electron chi connectivity index (χ3n) is 7.69. The van der Waals surface area contributed by atoms with Gasteiger partial charge in [-0.3, -0.25) is 15.4 Å². The zero-order chi connectivity index (χ0) is 30.6. The number of fused-ring (bicyclic) bond motifs is 2. The minimum absolute atomic E-state index is 0.0157. The van der Waals surface area contributed by atoms with Crippen LogP contribution >= 0.6 is 22.7 Å². The van der Waals surface area contributed by atoms with Crippen LogP contribution in [0.3, 0.4) is 0 Å². The summed E-state index contributed by atoms with van der Waals surface area (Å²) in [6.07, 6.45) is 5.96. The quantitative estimate of drug-likeness (QED) is 0.0910. The van der Waals surface area contributed by atoms with E-state index in [-0.39, 0.29) is 12.5 Å². The first-order chi connectivity index (χ1) is 22.1. The Hall–Kier alpha value is -4.62. The molecule has 3 aromatic carbocycles. The van der Waals surface area contributed by atoms with E-state index in [0.29, 0.717) is 29.5 Å². The van der Waals surface area contributed by atoms with Crippen molar-refractivity contribution in [1.29, 1.82) is 0 Å². The number of nitrogens with one attached hydrogen (secondary N) is 1. The first-order valence-corrected chi connectivity index (χ1v) is 16.3. The second-order valence-corrected chi connectivity index (χ2v) is 12.7. The number of hydrogen-bond donors (Lipinski definition) is 2. The first kappa shape index (κ1) is 29.1. The van der Waals surface area contributed by atoms with Gasteiger partial charge in [-0.25, -0.2) is 19.5 Å². The Bertz CT molecular complexity index is 1890. The number of rotatable bonds is 11. The standard InChI is InChI=1S/C33H30N6O4S2/c40-31(37-32-35-27-8-1-2-9-29(27)44-32)25-7-3-6-22-15-18-38(20-26(22)25)33-36-28(21-43-41)30(45-33)10-4-19-42-24-13-11-23(12-14-24)39-17-5-16-34-39/h1-3,5-9,11-14,16-17,41H,4,10,15,18-21H2,(H,35,37,40). The monoisotopic (exact) mass is 638 g/mol. The number of carbonyl (C=O) groups is 1. The number of benzene rings is 3. The summed E-state index contributed by atoms with van der Waals surface area (Å²) in [5.41, 5.74) is 5.35. The Morgan fingerprint density at radius 1 is 1.00 bits per heavy atom. The molecule has 1 aliphatic rings. The molecule has 0 fully saturated rings. The Morgan fingerprint density at radius 3 is 2.71 bits per heavy atom. The van der Waals surface area contributed by atoms with E-state index in [9.17, 15) is 10.1 Å². The van der Waals surface area contributed by atoms with E-state index in [1.165, 1.54) is 11.3 Å². The van der Waals surface area contributed by atoms with Crippen LogP contribution in [0.15, 0.2) is 85.2 Å². The zero-order valence-electron chi connectivity index (χ0n) is 24.3. The lowest BCUT2D eigenvalue weighted by Gasteiger charge is -2.29. The number of ether oxygens (including phenoxy) is 1. The first-order valence-electron chi connectivity index (χ1n) is 14.6. The predicted octanol–water partition coefficient (Wildman–Crippen LogP) is 6.75. The minimum Gasteiger partial charge on any atom is -0.494 e. The van der Waals surface area contributed by atoms with Crippen molar-refractivity contribution in [1.82, 2.24) is 19.7 Å². The van der Waals surface area contributed by atoms with Gasteiger partial charge in [0.2, 0.25) is 0 Å². The maximum atomic E-state index is 13.4. The van der Waals surface area contributed by atoms with Crippen LogP contribution in [-0.4, -0.2) is 44.1 Å². The van der Waals surface area contributed by atoms with Gasteiger partial charge in [-0.15, -0.1) is 11.3 Å². The van der Waals surface area contributed by atoms with Gasteiger partial charge in [-0.1, -0.05) is 35.6 Å². The van der Waals surface area contributed by atoms with Gasteiger partial charge in [0.05, 0.1) is 28.2 Å². The van der Waals surface area contributed by atoms with Crippen molar-refractivity contribution in [2.24, 2.45) is 0 Å². The lowest BCUT2D eigenvalue weighted by Crippen LogP contribution is -2.32. The van der Waals surface area contributed by atoms with Crippen molar-refractivity contribution in [3.8, 4) is 11.4 Å². The molecule has 228 valence electrons. The molecule has 0 spiro atoms. The van der Waals surface area contributed by atoms with E-state index in [4.69, 9.17) is 9.72 Å². The number of aryl methyl sites for hydroxylation is 1. The summed E-state index contributed by atoms with van der Waals surface area (Å²) < 4.78 is 8.81. The number of carbonyl (C=O) groups excluding carboxylic acids is 1. The molecule has 2 N–H and O–H groups in total. The maximum Gasteiger partial charge on any atom is 0.257 e. The molecule has 0 atom stereocenters. The van der Waals surface area contributed by atoms with Crippen molar-refractivity contribution in [2.45, 2.75) is 32.4 Å². The minimum atomic E-state index is -0.169. The number of thiazole rings is 2. The third-order valence-corrected chi connectivity index (χ3v) is 9.86. The molecule has 1 amide bonds. The average molecular weight is 639 g/mol. The van der Waals surface area contributed by atoms with Gasteiger partial charge in [0.15, 0.2) is 10.3 Å². The molecular formula is C33H30N6O4S2. The smallest absolute Gasteiger partial charge is 0.257 e. The largest absolute Gasteiger partial charge is 0.494 e. The highest BCUT2D eigenvalue weighted by Crippen LogP contribution is 2.33. The highest BCUT2D eigenvalue weighted by atomic mass is 32.1. The normalized spacial score (nSPS) is 12.8. The highest BCUT2D eigenvalue weighted by Gasteiger charge is 2.25. The molecule has 7 rings (SSSR count). The van der Waals surface area contributed by atoms with E-state index in [1.807, 2.05) is 72.9 Å². The second kappa shape index (κ2) is 13.2. The lowest BCUT2D eigenvalue weighted by molar-refractivity contribution is -0.253. The fraction of sp³-hybridized carbons (Fsp3) is 0.212. The molecule has 6 aromatic rings. The maximum absolute atomic E-state index is 13.4. The summed E-state index contributed by atoms with van der Waals surface area (Å²) in [7, 11) is 0. The average Bonchev–Trinajstić information content (AvgIpc) is 3.83. The fourth-order valence-corrected chi connectivity index (χ4v) is 7.45. The number of anilines is 2. The van der Waals surface area contributed by atoms with E-state index in [2.05, 4.69) is 31.3 Å². The van der Waals surface area contributed by atoms with Crippen molar-refractivity contribution < 1.29 is 19.7 Å². The summed E-state index contributed by atoms with van der Waals surface area (Å²) in [5, 5.41) is 17.9. The van der Waals surface area contributed by atoms with Gasteiger partial charge in [-0.2, -0.15) is 5.10 Å². The Kier molecular flexibility index (Phi) is 8.52. The molecule has 0 aliphatic carbocycles. The number of aromatic nitrogens is 4. The van der Waals surface area contributed by atoms with Crippen molar-refractivity contribution in [2.75, 3.05) is 23.4 Å². The Morgan fingerprint density at radius 2 is 1.89 bits per heavy atom. The SMILES string of the molecule is O=C(Nc1nc2ccccc2s1)c1cccc2c1CN(c1nc(COO)c(CCCOc3ccc(-n4cccn4)cc3)s1)CC2. The Labute approximate surface area is 267 Å². The topological polar surface area (TPSA) is 115 Å². The molecule has 4 heterocycles. The van der Waals surface area contributed by atoms with E-state index in [0.717, 1.165) is 68.6 Å². The van der Waals surface area contributed by atoms with Gasteiger partial charge in [0.25, 0.3) is 5.91 Å². The zero-order valence-corrected chi connectivity index (χ0v) is 25.9. The summed E-state index contributed by atoms with van der Waals surface area (Å²) in [6.45, 7) is 1.89. The van der Waals surface area contributed by atoms with Crippen LogP contribution in [0.2, 0.25) is 0 Å². The van der Waals surface area contributed by atoms with Crippen molar-refractivity contribution >= 4 is 49.1 Å². The van der Waals surface area contributed by atoms with Crippen molar-refractivity contribution in [3.63, 3.8) is 0 Å². The molecular weight excluding hydrogens is 609 g/mol. The molecule has 0 unspecified atom stereocenters. The molecule has 45 heavy (non-hydrogen) atoms. The number of para-hydroxylation sites is 1. The van der Waals surface area contributed by atoms with Crippen LogP contribution in [0.1, 0.15) is 38.5 Å².